The maximum Gasteiger partial charge on any atom is 0.243 e. The zero-order valence-electron chi connectivity index (χ0n) is 16.4. The Labute approximate surface area is 173 Å². The molecule has 0 saturated heterocycles. The van der Waals surface area contributed by atoms with Crippen LogP contribution in [-0.4, -0.2) is 34.2 Å². The topological polar surface area (TPSA) is 97.6 Å². The van der Waals surface area contributed by atoms with Gasteiger partial charge in [-0.25, -0.2) is 8.42 Å². The molecule has 0 spiro atoms. The summed E-state index contributed by atoms with van der Waals surface area (Å²) in [6.45, 7) is -0.0471. The Bertz CT molecular complexity index is 1360. The van der Waals surface area contributed by atoms with E-state index >= 15 is 0 Å². The smallest absolute Gasteiger partial charge is 0.243 e. The Morgan fingerprint density at radius 2 is 1.80 bits per heavy atom. The summed E-state index contributed by atoms with van der Waals surface area (Å²) in [6.07, 6.45) is 1.14. The molecule has 0 saturated carbocycles. The molecule has 0 bridgehead atoms. The summed E-state index contributed by atoms with van der Waals surface area (Å²) in [5.74, 6) is 0.204. The number of anilines is 2. The maximum absolute atomic E-state index is 12.5. The fourth-order valence-corrected chi connectivity index (χ4v) is 3.90. The van der Waals surface area contributed by atoms with Crippen LogP contribution in [0.25, 0.3) is 21.9 Å². The number of rotatable bonds is 6. The van der Waals surface area contributed by atoms with Crippen molar-refractivity contribution in [3.8, 4) is 5.75 Å². The van der Waals surface area contributed by atoms with Crippen LogP contribution in [-0.2, 0) is 14.6 Å². The van der Waals surface area contributed by atoms with E-state index in [1.165, 1.54) is 19.2 Å². The van der Waals surface area contributed by atoms with Crippen LogP contribution in [0.1, 0.15) is 0 Å². The molecule has 4 aromatic rings. The number of carbonyl (C=O) groups is 1. The van der Waals surface area contributed by atoms with Crippen molar-refractivity contribution in [2.24, 2.45) is 0 Å². The van der Waals surface area contributed by atoms with Gasteiger partial charge in [0.2, 0.25) is 5.91 Å². The molecule has 0 unspecified atom stereocenters. The number of para-hydroxylation sites is 1. The molecule has 8 heteroatoms. The van der Waals surface area contributed by atoms with Crippen LogP contribution in [0, 0.1) is 0 Å². The summed E-state index contributed by atoms with van der Waals surface area (Å²) in [5, 5.41) is 7.61. The first kappa shape index (κ1) is 19.8. The van der Waals surface area contributed by atoms with Crippen molar-refractivity contribution in [2.75, 3.05) is 30.5 Å². The van der Waals surface area contributed by atoms with Gasteiger partial charge in [-0.05, 0) is 30.3 Å². The molecular formula is C22H20N2O5S. The van der Waals surface area contributed by atoms with E-state index in [-0.39, 0.29) is 17.3 Å². The van der Waals surface area contributed by atoms with Crippen molar-refractivity contribution in [2.45, 2.75) is 4.90 Å². The predicted octanol–water partition coefficient (Wildman–Crippen LogP) is 4.05. The summed E-state index contributed by atoms with van der Waals surface area (Å²) >= 11 is 0. The highest BCUT2D eigenvalue weighted by atomic mass is 32.2. The summed E-state index contributed by atoms with van der Waals surface area (Å²) in [6, 6.07) is 17.6. The van der Waals surface area contributed by atoms with Gasteiger partial charge in [0.05, 0.1) is 24.2 Å². The number of amides is 1. The molecule has 0 atom stereocenters. The number of benzene rings is 3. The molecule has 0 radical (unpaired) electrons. The van der Waals surface area contributed by atoms with E-state index in [0.29, 0.717) is 22.7 Å². The van der Waals surface area contributed by atoms with E-state index < -0.39 is 9.84 Å². The molecule has 2 N–H and O–H groups in total. The second-order valence-corrected chi connectivity index (χ2v) is 8.86. The number of hydrogen-bond acceptors (Lipinski definition) is 6. The number of carbonyl (C=O) groups excluding carboxylic acids is 1. The Balaban J connectivity index is 1.53. The molecule has 1 heterocycles. The summed E-state index contributed by atoms with van der Waals surface area (Å²) in [7, 11) is -1.79. The van der Waals surface area contributed by atoms with E-state index in [1.807, 2.05) is 30.3 Å². The highest BCUT2D eigenvalue weighted by Crippen LogP contribution is 2.36. The maximum atomic E-state index is 12.5. The third-order valence-electron chi connectivity index (χ3n) is 4.69. The van der Waals surface area contributed by atoms with Crippen LogP contribution >= 0.6 is 0 Å². The predicted molar refractivity (Wildman–Crippen MR) is 117 cm³/mol. The van der Waals surface area contributed by atoms with Crippen molar-refractivity contribution >= 4 is 49.1 Å². The Morgan fingerprint density at radius 3 is 2.57 bits per heavy atom. The zero-order chi connectivity index (χ0) is 21.3. The van der Waals surface area contributed by atoms with Crippen LogP contribution in [0.2, 0.25) is 0 Å². The fraction of sp³-hybridized carbons (Fsp3) is 0.136. The number of fused-ring (bicyclic) bond motifs is 3. The molecule has 0 aliphatic heterocycles. The number of methoxy groups -OCH3 is 1. The van der Waals surface area contributed by atoms with Crippen LogP contribution in [0.4, 0.5) is 11.4 Å². The molecular weight excluding hydrogens is 404 g/mol. The fourth-order valence-electron chi connectivity index (χ4n) is 3.23. The van der Waals surface area contributed by atoms with Gasteiger partial charge in [-0.1, -0.05) is 24.3 Å². The SMILES string of the molecule is COc1cc2c(cc1NC(=O)CNc1cccc(S(C)(=O)=O)c1)oc1ccccc12. The first-order valence-electron chi connectivity index (χ1n) is 9.18. The Hall–Kier alpha value is -3.52. The second kappa shape index (κ2) is 7.72. The highest BCUT2D eigenvalue weighted by Gasteiger charge is 2.14. The lowest BCUT2D eigenvalue weighted by Crippen LogP contribution is -2.22. The van der Waals surface area contributed by atoms with Crippen molar-refractivity contribution in [3.63, 3.8) is 0 Å². The van der Waals surface area contributed by atoms with Gasteiger partial charge in [-0.3, -0.25) is 4.79 Å². The zero-order valence-corrected chi connectivity index (χ0v) is 17.2. The van der Waals surface area contributed by atoms with E-state index in [1.54, 1.807) is 18.2 Å². The number of sulfone groups is 1. The van der Waals surface area contributed by atoms with E-state index in [9.17, 15) is 13.2 Å². The van der Waals surface area contributed by atoms with Gasteiger partial charge in [0.1, 0.15) is 16.9 Å². The molecule has 7 nitrogen and oxygen atoms in total. The molecule has 30 heavy (non-hydrogen) atoms. The van der Waals surface area contributed by atoms with Gasteiger partial charge < -0.3 is 19.8 Å². The van der Waals surface area contributed by atoms with Crippen LogP contribution in [0.3, 0.4) is 0 Å². The average Bonchev–Trinajstić information content (AvgIpc) is 3.08. The van der Waals surface area contributed by atoms with Crippen LogP contribution in [0.15, 0.2) is 70.0 Å². The van der Waals surface area contributed by atoms with Crippen molar-refractivity contribution in [3.05, 3.63) is 60.7 Å². The Morgan fingerprint density at radius 1 is 1.00 bits per heavy atom. The molecule has 3 aromatic carbocycles. The number of hydrogen-bond donors (Lipinski definition) is 2. The third kappa shape index (κ3) is 3.95. The lowest BCUT2D eigenvalue weighted by molar-refractivity contribution is -0.114. The standard InChI is InChI=1S/C22H20N2O5S/c1-28-21-11-17-16-8-3-4-9-19(16)29-20(17)12-18(21)24-22(25)13-23-14-6-5-7-15(10-14)30(2,26)27/h3-12,23H,13H2,1-2H3,(H,24,25). The van der Waals surface area contributed by atoms with Crippen LogP contribution < -0.4 is 15.4 Å². The van der Waals surface area contributed by atoms with Crippen LogP contribution in [0.5, 0.6) is 5.75 Å². The Kier molecular flexibility index (Phi) is 5.09. The summed E-state index contributed by atoms with van der Waals surface area (Å²) < 4.78 is 34.7. The van der Waals surface area contributed by atoms with Gasteiger partial charge >= 0.3 is 0 Å². The van der Waals surface area contributed by atoms with Crippen molar-refractivity contribution < 1.29 is 22.4 Å². The quantitative estimate of drug-likeness (QED) is 0.485. The first-order chi connectivity index (χ1) is 14.3. The van der Waals surface area contributed by atoms with E-state index in [0.717, 1.165) is 22.6 Å². The lowest BCUT2D eigenvalue weighted by atomic mass is 10.1. The molecule has 1 aromatic heterocycles. The van der Waals surface area contributed by atoms with Gasteiger partial charge in [0.25, 0.3) is 0 Å². The summed E-state index contributed by atoms with van der Waals surface area (Å²) in [5.41, 5.74) is 2.42. The van der Waals surface area contributed by atoms with Crippen molar-refractivity contribution in [1.29, 1.82) is 0 Å². The lowest BCUT2D eigenvalue weighted by Gasteiger charge is -2.12. The van der Waals surface area contributed by atoms with E-state index in [2.05, 4.69) is 10.6 Å². The molecule has 0 aliphatic rings. The second-order valence-electron chi connectivity index (χ2n) is 6.85. The number of nitrogens with one attached hydrogen (secondary N) is 2. The summed E-state index contributed by atoms with van der Waals surface area (Å²) in [4.78, 5) is 12.7. The van der Waals surface area contributed by atoms with E-state index in [4.69, 9.17) is 9.15 Å². The van der Waals surface area contributed by atoms with Gasteiger partial charge in [-0.15, -0.1) is 0 Å². The average molecular weight is 424 g/mol. The van der Waals surface area contributed by atoms with Gasteiger partial charge in [-0.2, -0.15) is 0 Å². The minimum atomic E-state index is -3.32. The molecule has 154 valence electrons. The minimum absolute atomic E-state index is 0.0471. The third-order valence-corrected chi connectivity index (χ3v) is 5.80. The first-order valence-corrected chi connectivity index (χ1v) is 11.1. The number of ether oxygens (including phenoxy) is 1. The van der Waals surface area contributed by atoms with Gasteiger partial charge in [0.15, 0.2) is 9.84 Å². The van der Waals surface area contributed by atoms with Gasteiger partial charge in [0, 0.05) is 28.8 Å². The molecule has 0 aliphatic carbocycles. The minimum Gasteiger partial charge on any atom is -0.495 e. The largest absolute Gasteiger partial charge is 0.495 e. The normalized spacial score (nSPS) is 11.5. The molecule has 4 rings (SSSR count). The van der Waals surface area contributed by atoms with Crippen molar-refractivity contribution in [1.82, 2.24) is 0 Å². The highest BCUT2D eigenvalue weighted by molar-refractivity contribution is 7.90. The molecule has 1 amide bonds. The molecule has 0 fully saturated rings. The monoisotopic (exact) mass is 424 g/mol. The number of furan rings is 1.